The summed E-state index contributed by atoms with van der Waals surface area (Å²) in [7, 11) is 6.42. The van der Waals surface area contributed by atoms with Crippen molar-refractivity contribution in [3.05, 3.63) is 0 Å². The van der Waals surface area contributed by atoms with Crippen LogP contribution in [-0.4, -0.2) is 20.7 Å². The maximum absolute atomic E-state index is 5.25. The van der Waals surface area contributed by atoms with Gasteiger partial charge in [-0.1, -0.05) is 20.8 Å². The zero-order chi connectivity index (χ0) is 8.41. The Hall–Kier alpha value is 0.0899. The summed E-state index contributed by atoms with van der Waals surface area (Å²) < 4.78 is 5.25. The average Bonchev–Trinajstić information content (AvgIpc) is 1.61. The average molecular weight is 137 g/mol. The molecule has 3 radical (unpaired) electrons. The normalized spacial score (nSPS) is 13.3. The van der Waals surface area contributed by atoms with Gasteiger partial charge in [0.15, 0.2) is 0 Å². The van der Waals surface area contributed by atoms with Crippen molar-refractivity contribution in [1.82, 2.24) is 0 Å². The molecule has 0 fully saturated rings. The molecule has 0 amide bonds. The highest BCUT2D eigenvalue weighted by atomic mass is 16.5. The van der Waals surface area contributed by atoms with Crippen LogP contribution < -0.4 is 0 Å². The van der Waals surface area contributed by atoms with Crippen molar-refractivity contribution >= 4 is 15.1 Å². The van der Waals surface area contributed by atoms with Crippen LogP contribution in [0.4, 0.5) is 0 Å². The van der Waals surface area contributed by atoms with E-state index in [1.165, 1.54) is 7.37 Å². The lowest BCUT2D eigenvalue weighted by molar-refractivity contribution is 0.00621. The largest absolute Gasteiger partial charge is 0.447 e. The lowest BCUT2D eigenvalue weighted by atomic mass is 9.69. The van der Waals surface area contributed by atoms with Crippen molar-refractivity contribution in [1.29, 1.82) is 0 Å². The van der Waals surface area contributed by atoms with Gasteiger partial charge in [0.05, 0.1) is 7.74 Å². The molecule has 0 heterocycles. The summed E-state index contributed by atoms with van der Waals surface area (Å²) in [6.07, 6.45) is 0. The molecule has 0 saturated carbocycles. The first kappa shape index (κ1) is 10.1. The van der Waals surface area contributed by atoms with Crippen LogP contribution in [0, 0.1) is 5.41 Å². The fraction of sp³-hybridized carbons (Fsp3) is 1.00. The number of rotatable bonds is 2. The third-order valence-electron chi connectivity index (χ3n) is 2.17. The Morgan fingerprint density at radius 3 is 1.60 bits per heavy atom. The molecule has 0 aliphatic carbocycles. The highest BCUT2D eigenvalue weighted by molar-refractivity contribution is 6.85. The van der Waals surface area contributed by atoms with Gasteiger partial charge in [0, 0.05) is 5.60 Å². The van der Waals surface area contributed by atoms with Crippen molar-refractivity contribution in [3.8, 4) is 0 Å². The third kappa shape index (κ3) is 2.37. The summed E-state index contributed by atoms with van der Waals surface area (Å²) in [5, 5.41) is 0. The first-order valence-electron chi connectivity index (χ1n) is 3.52. The van der Waals surface area contributed by atoms with Crippen LogP contribution in [0.1, 0.15) is 34.6 Å². The standard InChI is InChI=1S/C7H15B2O/c1-6(2,3)7(4,5)10-9-8/h1-5H3. The first-order chi connectivity index (χ1) is 4.31. The highest BCUT2D eigenvalue weighted by Gasteiger charge is 2.32. The van der Waals surface area contributed by atoms with Gasteiger partial charge in [-0.05, 0) is 19.3 Å². The minimum absolute atomic E-state index is 0.114. The van der Waals surface area contributed by atoms with Crippen LogP contribution in [0.15, 0.2) is 0 Å². The van der Waals surface area contributed by atoms with E-state index in [2.05, 4.69) is 20.8 Å². The van der Waals surface area contributed by atoms with Gasteiger partial charge in [0.2, 0.25) is 7.37 Å². The van der Waals surface area contributed by atoms with E-state index in [0.29, 0.717) is 0 Å². The van der Waals surface area contributed by atoms with Gasteiger partial charge in [-0.2, -0.15) is 0 Å². The Bertz CT molecular complexity index is 105. The fourth-order valence-corrected chi connectivity index (χ4v) is 0.347. The monoisotopic (exact) mass is 137 g/mol. The Kier molecular flexibility index (Phi) is 3.02. The predicted molar refractivity (Wildman–Crippen MR) is 46.1 cm³/mol. The molecule has 10 heavy (non-hydrogen) atoms. The van der Waals surface area contributed by atoms with E-state index in [-0.39, 0.29) is 11.0 Å². The molecule has 0 aromatic carbocycles. The van der Waals surface area contributed by atoms with Gasteiger partial charge in [0.1, 0.15) is 0 Å². The van der Waals surface area contributed by atoms with Gasteiger partial charge >= 0.3 is 0 Å². The van der Waals surface area contributed by atoms with Crippen LogP contribution >= 0.6 is 0 Å². The Balaban J connectivity index is 4.10. The lowest BCUT2D eigenvalue weighted by Crippen LogP contribution is -2.40. The molecule has 0 N–H and O–H groups in total. The smallest absolute Gasteiger partial charge is 0.231 e. The topological polar surface area (TPSA) is 9.23 Å². The van der Waals surface area contributed by atoms with E-state index >= 15 is 0 Å². The molecule has 1 nitrogen and oxygen atoms in total. The van der Waals surface area contributed by atoms with E-state index in [1.54, 1.807) is 0 Å². The number of hydrogen-bond donors (Lipinski definition) is 0. The molecule has 0 aliphatic heterocycles. The summed E-state index contributed by atoms with van der Waals surface area (Å²) in [5.74, 6) is 0. The van der Waals surface area contributed by atoms with Crippen LogP contribution in [-0.2, 0) is 4.65 Å². The van der Waals surface area contributed by atoms with Crippen LogP contribution in [0.5, 0.6) is 0 Å². The Morgan fingerprint density at radius 1 is 1.10 bits per heavy atom. The predicted octanol–water partition coefficient (Wildman–Crippen LogP) is 1.53. The van der Waals surface area contributed by atoms with Gasteiger partial charge in [-0.3, -0.25) is 0 Å². The van der Waals surface area contributed by atoms with Gasteiger partial charge in [0.25, 0.3) is 0 Å². The Morgan fingerprint density at radius 2 is 1.50 bits per heavy atom. The second kappa shape index (κ2) is 3.00. The summed E-state index contributed by atoms with van der Waals surface area (Å²) in [5.41, 5.74) is -0.0787. The minimum atomic E-state index is -0.193. The molecule has 0 rings (SSSR count). The molecular weight excluding hydrogens is 122 g/mol. The molecule has 3 heteroatoms. The highest BCUT2D eigenvalue weighted by Crippen LogP contribution is 2.32. The third-order valence-corrected chi connectivity index (χ3v) is 2.17. The maximum atomic E-state index is 5.25. The quantitative estimate of drug-likeness (QED) is 0.524. The van der Waals surface area contributed by atoms with Crippen LogP contribution in [0.2, 0.25) is 0 Å². The molecular formula is C7H15B2O. The molecule has 0 aromatic heterocycles. The van der Waals surface area contributed by atoms with Crippen LogP contribution in [0.3, 0.4) is 0 Å². The van der Waals surface area contributed by atoms with Crippen molar-refractivity contribution in [2.45, 2.75) is 40.2 Å². The molecule has 0 unspecified atom stereocenters. The molecule has 0 aliphatic rings. The zero-order valence-corrected chi connectivity index (χ0v) is 7.56. The van der Waals surface area contributed by atoms with Crippen molar-refractivity contribution in [3.63, 3.8) is 0 Å². The second-order valence-corrected chi connectivity index (χ2v) is 4.01. The van der Waals surface area contributed by atoms with Gasteiger partial charge < -0.3 is 4.65 Å². The fourth-order valence-electron chi connectivity index (χ4n) is 0.347. The first-order valence-corrected chi connectivity index (χ1v) is 3.52. The van der Waals surface area contributed by atoms with Crippen LogP contribution in [0.25, 0.3) is 0 Å². The molecule has 0 spiro atoms. The van der Waals surface area contributed by atoms with E-state index in [4.69, 9.17) is 12.4 Å². The van der Waals surface area contributed by atoms with E-state index in [9.17, 15) is 0 Å². The minimum Gasteiger partial charge on any atom is -0.447 e. The van der Waals surface area contributed by atoms with E-state index in [0.717, 1.165) is 0 Å². The summed E-state index contributed by atoms with van der Waals surface area (Å²) in [6.45, 7) is 10.4. The SMILES string of the molecule is [B][B]OC(C)(C)C(C)(C)C. The number of hydrogen-bond acceptors (Lipinski definition) is 1. The second-order valence-electron chi connectivity index (χ2n) is 4.01. The molecule has 0 aromatic rings. The molecule has 0 bridgehead atoms. The molecule has 55 valence electrons. The van der Waals surface area contributed by atoms with E-state index < -0.39 is 0 Å². The van der Waals surface area contributed by atoms with E-state index in [1.807, 2.05) is 13.8 Å². The Labute approximate surface area is 66.2 Å². The summed E-state index contributed by atoms with van der Waals surface area (Å²) in [4.78, 5) is 0. The van der Waals surface area contributed by atoms with Gasteiger partial charge in [-0.25, -0.2) is 0 Å². The van der Waals surface area contributed by atoms with Crippen molar-refractivity contribution in [2.24, 2.45) is 5.41 Å². The molecule has 0 saturated heterocycles. The van der Waals surface area contributed by atoms with Crippen molar-refractivity contribution in [2.75, 3.05) is 0 Å². The molecule has 0 atom stereocenters. The lowest BCUT2D eigenvalue weighted by Gasteiger charge is -2.39. The summed E-state index contributed by atoms with van der Waals surface area (Å²) in [6, 6.07) is 0. The zero-order valence-electron chi connectivity index (χ0n) is 7.56. The van der Waals surface area contributed by atoms with Gasteiger partial charge in [-0.15, -0.1) is 0 Å². The maximum Gasteiger partial charge on any atom is 0.231 e. The summed E-state index contributed by atoms with van der Waals surface area (Å²) >= 11 is 0. The van der Waals surface area contributed by atoms with Crippen molar-refractivity contribution < 1.29 is 4.65 Å².